The molecule has 1 heterocycles. The molecule has 0 N–H and O–H groups in total. The summed E-state index contributed by atoms with van der Waals surface area (Å²) >= 11 is 0. The summed E-state index contributed by atoms with van der Waals surface area (Å²) in [4.78, 5) is 34.7. The van der Waals surface area contributed by atoms with E-state index in [1.165, 1.54) is 6.07 Å². The first-order valence-electron chi connectivity index (χ1n) is 6.74. The molecule has 0 saturated carbocycles. The van der Waals surface area contributed by atoms with Gasteiger partial charge < -0.3 is 14.2 Å². The van der Waals surface area contributed by atoms with Crippen LogP contribution in [0.1, 0.15) is 30.1 Å². The number of ether oxygens (including phenoxy) is 3. The summed E-state index contributed by atoms with van der Waals surface area (Å²) in [5.41, 5.74) is 0.303. The van der Waals surface area contributed by atoms with Gasteiger partial charge >= 0.3 is 5.97 Å². The summed E-state index contributed by atoms with van der Waals surface area (Å²) in [6, 6.07) is 4.71. The van der Waals surface area contributed by atoms with Crippen LogP contribution in [-0.4, -0.2) is 37.4 Å². The van der Waals surface area contributed by atoms with Crippen molar-refractivity contribution < 1.29 is 28.6 Å². The average Bonchev–Trinajstić information content (AvgIpc) is 2.71. The Morgan fingerprint density at radius 2 is 1.86 bits per heavy atom. The van der Waals surface area contributed by atoms with E-state index in [-0.39, 0.29) is 6.61 Å². The highest BCUT2D eigenvalue weighted by molar-refractivity contribution is 6.38. The van der Waals surface area contributed by atoms with Crippen LogP contribution in [0.5, 0.6) is 11.5 Å². The predicted octanol–water partition coefficient (Wildman–Crippen LogP) is 1.55. The van der Waals surface area contributed by atoms with Gasteiger partial charge in [-0.1, -0.05) is 0 Å². The highest BCUT2D eigenvalue weighted by atomic mass is 16.5. The summed E-state index contributed by atoms with van der Waals surface area (Å²) in [5.74, 6) is -1.25. The number of rotatable bonds is 5. The largest absolute Gasteiger partial charge is 0.490 e. The second kappa shape index (κ2) is 6.88. The summed E-state index contributed by atoms with van der Waals surface area (Å²) in [6.45, 7) is 2.76. The maximum absolute atomic E-state index is 12.0. The zero-order valence-electron chi connectivity index (χ0n) is 11.7. The van der Waals surface area contributed by atoms with E-state index in [1.807, 2.05) is 0 Å². The Bertz CT molecular complexity index is 563. The molecule has 6 heteroatoms. The Hall–Kier alpha value is -2.37. The zero-order valence-corrected chi connectivity index (χ0v) is 11.7. The van der Waals surface area contributed by atoms with E-state index in [9.17, 15) is 14.4 Å². The third-order valence-electron chi connectivity index (χ3n) is 2.89. The maximum Gasteiger partial charge on any atom is 0.375 e. The lowest BCUT2D eigenvalue weighted by Crippen LogP contribution is -2.20. The lowest BCUT2D eigenvalue weighted by Gasteiger charge is -2.08. The van der Waals surface area contributed by atoms with E-state index in [0.717, 1.165) is 6.42 Å². The molecule has 1 aliphatic heterocycles. The molecular formula is C15H16O6. The van der Waals surface area contributed by atoms with Crippen molar-refractivity contribution in [3.8, 4) is 11.5 Å². The number of fused-ring (bicyclic) bond motifs is 1. The normalized spacial score (nSPS) is 13.2. The SMILES string of the molecule is CCOC(=O)C(=O)CC(=O)c1ccc2c(c1)OCCCO2. The first-order valence-corrected chi connectivity index (χ1v) is 6.74. The number of esters is 1. The van der Waals surface area contributed by atoms with Gasteiger partial charge in [0.15, 0.2) is 17.3 Å². The number of carbonyl (C=O) groups is 3. The van der Waals surface area contributed by atoms with Gasteiger partial charge in [0.2, 0.25) is 5.78 Å². The van der Waals surface area contributed by atoms with Gasteiger partial charge in [0.05, 0.1) is 26.2 Å². The first kappa shape index (κ1) is 15.0. The summed E-state index contributed by atoms with van der Waals surface area (Å²) in [6.07, 6.45) is 0.248. The van der Waals surface area contributed by atoms with Gasteiger partial charge in [0.25, 0.3) is 0 Å². The Morgan fingerprint density at radius 1 is 1.14 bits per heavy atom. The molecule has 2 rings (SSSR count). The molecular weight excluding hydrogens is 276 g/mol. The monoisotopic (exact) mass is 292 g/mol. The molecule has 0 aromatic heterocycles. The maximum atomic E-state index is 12.0. The van der Waals surface area contributed by atoms with Crippen molar-refractivity contribution in [1.29, 1.82) is 0 Å². The van der Waals surface area contributed by atoms with E-state index in [1.54, 1.807) is 19.1 Å². The van der Waals surface area contributed by atoms with E-state index in [0.29, 0.717) is 30.3 Å². The van der Waals surface area contributed by atoms with E-state index >= 15 is 0 Å². The second-order valence-electron chi connectivity index (χ2n) is 4.46. The molecule has 0 amide bonds. The number of Topliss-reactive ketones (excluding diaryl/α,β-unsaturated/α-hetero) is 2. The van der Waals surface area contributed by atoms with Crippen LogP contribution in [0.15, 0.2) is 18.2 Å². The van der Waals surface area contributed by atoms with Crippen molar-refractivity contribution in [1.82, 2.24) is 0 Å². The third kappa shape index (κ3) is 3.81. The van der Waals surface area contributed by atoms with Crippen molar-refractivity contribution in [2.75, 3.05) is 19.8 Å². The van der Waals surface area contributed by atoms with E-state index in [2.05, 4.69) is 4.74 Å². The molecule has 0 aliphatic carbocycles. The van der Waals surface area contributed by atoms with Crippen LogP contribution in [0.25, 0.3) is 0 Å². The van der Waals surface area contributed by atoms with Crippen molar-refractivity contribution in [2.45, 2.75) is 19.8 Å². The van der Waals surface area contributed by atoms with Crippen LogP contribution < -0.4 is 9.47 Å². The van der Waals surface area contributed by atoms with Crippen molar-refractivity contribution in [3.05, 3.63) is 23.8 Å². The van der Waals surface area contributed by atoms with Crippen LogP contribution in [0.2, 0.25) is 0 Å². The molecule has 0 atom stereocenters. The van der Waals surface area contributed by atoms with Crippen molar-refractivity contribution in [2.24, 2.45) is 0 Å². The summed E-state index contributed by atoms with van der Waals surface area (Å²) < 4.78 is 15.5. The molecule has 0 bridgehead atoms. The highest BCUT2D eigenvalue weighted by Crippen LogP contribution is 2.30. The van der Waals surface area contributed by atoms with Crippen LogP contribution in [-0.2, 0) is 14.3 Å². The number of benzene rings is 1. The van der Waals surface area contributed by atoms with Crippen LogP contribution in [0.3, 0.4) is 0 Å². The molecule has 0 fully saturated rings. The zero-order chi connectivity index (χ0) is 15.2. The van der Waals surface area contributed by atoms with E-state index in [4.69, 9.17) is 9.47 Å². The van der Waals surface area contributed by atoms with Crippen LogP contribution in [0.4, 0.5) is 0 Å². The predicted molar refractivity (Wildman–Crippen MR) is 72.6 cm³/mol. The van der Waals surface area contributed by atoms with Gasteiger partial charge in [0, 0.05) is 12.0 Å². The summed E-state index contributed by atoms with van der Waals surface area (Å²) in [7, 11) is 0. The van der Waals surface area contributed by atoms with Gasteiger partial charge in [-0.25, -0.2) is 4.79 Å². The van der Waals surface area contributed by atoms with Crippen LogP contribution in [0, 0.1) is 0 Å². The first-order chi connectivity index (χ1) is 10.1. The molecule has 0 radical (unpaired) electrons. The summed E-state index contributed by atoms with van der Waals surface area (Å²) in [5, 5.41) is 0. The minimum absolute atomic E-state index is 0.1000. The van der Waals surface area contributed by atoms with Gasteiger partial charge in [-0.2, -0.15) is 0 Å². The van der Waals surface area contributed by atoms with Gasteiger partial charge in [-0.05, 0) is 25.1 Å². The molecule has 21 heavy (non-hydrogen) atoms. The third-order valence-corrected chi connectivity index (χ3v) is 2.89. The molecule has 0 unspecified atom stereocenters. The minimum Gasteiger partial charge on any atom is -0.490 e. The fourth-order valence-electron chi connectivity index (χ4n) is 1.87. The fraction of sp³-hybridized carbons (Fsp3) is 0.400. The molecule has 112 valence electrons. The molecule has 0 spiro atoms. The van der Waals surface area contributed by atoms with Gasteiger partial charge in [-0.3, -0.25) is 9.59 Å². The topological polar surface area (TPSA) is 78.9 Å². The molecule has 1 aromatic carbocycles. The molecule has 0 saturated heterocycles. The Labute approximate surface area is 122 Å². The van der Waals surface area contributed by atoms with Gasteiger partial charge in [-0.15, -0.1) is 0 Å². The Balaban J connectivity index is 2.08. The number of hydrogen-bond donors (Lipinski definition) is 0. The van der Waals surface area contributed by atoms with Crippen molar-refractivity contribution in [3.63, 3.8) is 0 Å². The lowest BCUT2D eigenvalue weighted by atomic mass is 10.1. The molecule has 1 aliphatic rings. The van der Waals surface area contributed by atoms with Crippen LogP contribution >= 0.6 is 0 Å². The minimum atomic E-state index is -0.986. The quantitative estimate of drug-likeness (QED) is 0.354. The Morgan fingerprint density at radius 3 is 2.57 bits per heavy atom. The lowest BCUT2D eigenvalue weighted by molar-refractivity contribution is -0.153. The van der Waals surface area contributed by atoms with Crippen molar-refractivity contribution >= 4 is 17.5 Å². The molecule has 6 nitrogen and oxygen atoms in total. The number of carbonyl (C=O) groups excluding carboxylic acids is 3. The smallest absolute Gasteiger partial charge is 0.375 e. The average molecular weight is 292 g/mol. The Kier molecular flexibility index (Phi) is 4.92. The molecule has 1 aromatic rings. The van der Waals surface area contributed by atoms with E-state index < -0.39 is 24.0 Å². The standard InChI is InChI=1S/C15H16O6/c1-2-19-15(18)12(17)9-11(16)10-4-5-13-14(8-10)21-7-3-6-20-13/h4-5,8H,2-3,6-7,9H2,1H3. The number of ketones is 2. The van der Waals surface area contributed by atoms with Gasteiger partial charge in [0.1, 0.15) is 0 Å². The highest BCUT2D eigenvalue weighted by Gasteiger charge is 2.21. The second-order valence-corrected chi connectivity index (χ2v) is 4.46. The number of hydrogen-bond acceptors (Lipinski definition) is 6. The fourth-order valence-corrected chi connectivity index (χ4v) is 1.87.